The highest BCUT2D eigenvalue weighted by atomic mass is 32.2. The summed E-state index contributed by atoms with van der Waals surface area (Å²) in [6, 6.07) is 6.00. The largest absolute Gasteiger partial charge is 0.296 e. The number of carbonyl (C=O) groups excluding carboxylic acids is 1. The third-order valence-corrected chi connectivity index (χ3v) is 6.46. The van der Waals surface area contributed by atoms with Crippen molar-refractivity contribution in [3.05, 3.63) is 34.8 Å². The lowest BCUT2D eigenvalue weighted by molar-refractivity contribution is 0.102. The first-order chi connectivity index (χ1) is 11.4. The van der Waals surface area contributed by atoms with Gasteiger partial charge in [0.15, 0.2) is 0 Å². The van der Waals surface area contributed by atoms with Gasteiger partial charge in [0.2, 0.25) is 15.2 Å². The first-order valence-electron chi connectivity index (χ1n) is 7.66. The monoisotopic (exact) mass is 368 g/mol. The van der Waals surface area contributed by atoms with E-state index in [-0.39, 0.29) is 10.5 Å². The molecule has 1 heterocycles. The van der Waals surface area contributed by atoms with Crippen molar-refractivity contribution in [2.75, 3.05) is 18.4 Å². The Hall–Kier alpha value is -1.84. The number of benzene rings is 1. The average Bonchev–Trinajstić information content (AvgIpc) is 3.03. The number of sulfonamides is 1. The molecule has 9 heteroatoms. The molecule has 0 spiro atoms. The normalized spacial score (nSPS) is 11.7. The Morgan fingerprint density at radius 3 is 2.50 bits per heavy atom. The molecular formula is C15H20N4O3S2. The van der Waals surface area contributed by atoms with Gasteiger partial charge < -0.3 is 0 Å². The van der Waals surface area contributed by atoms with E-state index >= 15 is 0 Å². The highest BCUT2D eigenvalue weighted by Gasteiger charge is 2.22. The molecule has 0 bridgehead atoms. The minimum Gasteiger partial charge on any atom is -0.296 e. The van der Waals surface area contributed by atoms with Crippen LogP contribution in [0.15, 0.2) is 29.2 Å². The molecule has 1 aromatic carbocycles. The highest BCUT2D eigenvalue weighted by Crippen LogP contribution is 2.19. The van der Waals surface area contributed by atoms with Crippen molar-refractivity contribution in [2.24, 2.45) is 0 Å². The molecule has 0 atom stereocenters. The second-order valence-corrected chi connectivity index (χ2v) is 7.93. The molecule has 1 aromatic heterocycles. The van der Waals surface area contributed by atoms with Crippen LogP contribution in [0.2, 0.25) is 0 Å². The summed E-state index contributed by atoms with van der Waals surface area (Å²) >= 11 is 1.30. The summed E-state index contributed by atoms with van der Waals surface area (Å²) in [4.78, 5) is 12.4. The molecule has 0 radical (unpaired) electrons. The molecule has 0 saturated carbocycles. The van der Waals surface area contributed by atoms with Gasteiger partial charge in [-0.05, 0) is 24.6 Å². The highest BCUT2D eigenvalue weighted by molar-refractivity contribution is 7.89. The third kappa shape index (κ3) is 3.97. The Balaban J connectivity index is 2.25. The number of aryl methyl sites for hydroxylation is 1. The zero-order chi connectivity index (χ0) is 17.7. The van der Waals surface area contributed by atoms with Crippen LogP contribution in [0.1, 0.15) is 36.1 Å². The van der Waals surface area contributed by atoms with Crippen LogP contribution in [0, 0.1) is 0 Å². The van der Waals surface area contributed by atoms with Crippen LogP contribution in [0.4, 0.5) is 5.13 Å². The summed E-state index contributed by atoms with van der Waals surface area (Å²) in [7, 11) is -3.60. The quantitative estimate of drug-likeness (QED) is 0.810. The summed E-state index contributed by atoms with van der Waals surface area (Å²) in [5.41, 5.74) is 0.261. The van der Waals surface area contributed by atoms with Crippen molar-refractivity contribution < 1.29 is 13.2 Å². The number of rotatable bonds is 7. The van der Waals surface area contributed by atoms with Crippen LogP contribution in [-0.4, -0.2) is 41.9 Å². The van der Waals surface area contributed by atoms with E-state index in [4.69, 9.17) is 0 Å². The molecule has 0 aliphatic carbocycles. The van der Waals surface area contributed by atoms with E-state index in [1.807, 2.05) is 6.92 Å². The van der Waals surface area contributed by atoms with Gasteiger partial charge in [-0.15, -0.1) is 10.2 Å². The van der Waals surface area contributed by atoms with Crippen LogP contribution in [0.3, 0.4) is 0 Å². The van der Waals surface area contributed by atoms with Crippen molar-refractivity contribution in [2.45, 2.75) is 32.1 Å². The minimum absolute atomic E-state index is 0.102. The maximum Gasteiger partial charge on any atom is 0.257 e. The van der Waals surface area contributed by atoms with Crippen LogP contribution in [0.5, 0.6) is 0 Å². The van der Waals surface area contributed by atoms with Crippen LogP contribution < -0.4 is 5.32 Å². The lowest BCUT2D eigenvalue weighted by Crippen LogP contribution is -2.30. The fourth-order valence-corrected chi connectivity index (χ4v) is 4.31. The van der Waals surface area contributed by atoms with E-state index in [1.54, 1.807) is 26.0 Å². The molecule has 2 rings (SSSR count). The summed E-state index contributed by atoms with van der Waals surface area (Å²) in [5.74, 6) is -0.412. The van der Waals surface area contributed by atoms with Gasteiger partial charge in [-0.3, -0.25) is 10.1 Å². The Kier molecular flexibility index (Phi) is 6.03. The van der Waals surface area contributed by atoms with E-state index in [0.717, 1.165) is 11.4 Å². The van der Waals surface area contributed by atoms with Crippen molar-refractivity contribution in [3.63, 3.8) is 0 Å². The molecule has 24 heavy (non-hydrogen) atoms. The molecule has 1 amide bonds. The summed E-state index contributed by atoms with van der Waals surface area (Å²) in [5, 5.41) is 11.7. The second-order valence-electron chi connectivity index (χ2n) is 4.93. The number of nitrogens with one attached hydrogen (secondary N) is 1. The molecule has 1 N–H and O–H groups in total. The number of hydrogen-bond donors (Lipinski definition) is 1. The van der Waals surface area contributed by atoms with Crippen molar-refractivity contribution in [1.29, 1.82) is 0 Å². The molecule has 2 aromatic rings. The van der Waals surface area contributed by atoms with Crippen molar-refractivity contribution in [3.8, 4) is 0 Å². The molecular weight excluding hydrogens is 348 g/mol. The predicted molar refractivity (Wildman–Crippen MR) is 93.8 cm³/mol. The molecule has 0 aliphatic rings. The lowest BCUT2D eigenvalue weighted by Gasteiger charge is -2.18. The Labute approximate surface area is 145 Å². The Morgan fingerprint density at radius 2 is 1.92 bits per heavy atom. The molecule has 0 saturated heterocycles. The van der Waals surface area contributed by atoms with Crippen LogP contribution in [0.25, 0.3) is 0 Å². The topological polar surface area (TPSA) is 92.3 Å². The zero-order valence-corrected chi connectivity index (χ0v) is 15.4. The predicted octanol–water partition coefficient (Wildman–Crippen LogP) is 2.38. The van der Waals surface area contributed by atoms with Crippen molar-refractivity contribution >= 4 is 32.4 Å². The summed E-state index contributed by atoms with van der Waals surface area (Å²) in [6.07, 6.45) is 0.741. The summed E-state index contributed by atoms with van der Waals surface area (Å²) < 4.78 is 26.4. The molecule has 0 unspecified atom stereocenters. The van der Waals surface area contributed by atoms with Gasteiger partial charge >= 0.3 is 0 Å². The van der Waals surface area contributed by atoms with E-state index < -0.39 is 15.9 Å². The van der Waals surface area contributed by atoms with E-state index in [2.05, 4.69) is 15.5 Å². The van der Waals surface area contributed by atoms with Gasteiger partial charge in [0.25, 0.3) is 5.91 Å². The average molecular weight is 368 g/mol. The first-order valence-corrected chi connectivity index (χ1v) is 9.91. The SMILES string of the molecule is CCc1nnc(NC(=O)c2cccc(S(=O)(=O)N(CC)CC)c2)s1. The third-order valence-electron chi connectivity index (χ3n) is 3.43. The smallest absolute Gasteiger partial charge is 0.257 e. The molecule has 130 valence electrons. The van der Waals surface area contributed by atoms with Crippen molar-refractivity contribution in [1.82, 2.24) is 14.5 Å². The van der Waals surface area contributed by atoms with E-state index in [9.17, 15) is 13.2 Å². The Bertz CT molecular complexity index is 814. The van der Waals surface area contributed by atoms with Gasteiger partial charge in [0, 0.05) is 18.7 Å². The second kappa shape index (κ2) is 7.82. The fourth-order valence-electron chi connectivity index (χ4n) is 2.13. The minimum atomic E-state index is -3.60. The van der Waals surface area contributed by atoms with Crippen LogP contribution >= 0.6 is 11.3 Å². The molecule has 7 nitrogen and oxygen atoms in total. The lowest BCUT2D eigenvalue weighted by atomic mass is 10.2. The molecule has 0 fully saturated rings. The number of anilines is 1. The Morgan fingerprint density at radius 1 is 1.21 bits per heavy atom. The van der Waals surface area contributed by atoms with Gasteiger partial charge in [-0.25, -0.2) is 8.42 Å². The first kappa shape index (κ1) is 18.5. The fraction of sp³-hybridized carbons (Fsp3) is 0.400. The zero-order valence-electron chi connectivity index (χ0n) is 13.8. The molecule has 0 aliphatic heterocycles. The number of amides is 1. The van der Waals surface area contributed by atoms with Gasteiger partial charge in [0.05, 0.1) is 4.90 Å². The van der Waals surface area contributed by atoms with Gasteiger partial charge in [-0.2, -0.15) is 4.31 Å². The standard InChI is InChI=1S/C15H20N4O3S2/c1-4-13-17-18-15(23-13)16-14(20)11-8-7-9-12(10-11)24(21,22)19(5-2)6-3/h7-10H,4-6H2,1-3H3,(H,16,18,20). The number of nitrogens with zero attached hydrogens (tertiary/aromatic N) is 3. The van der Waals surface area contributed by atoms with E-state index in [0.29, 0.717) is 18.2 Å². The summed E-state index contributed by atoms with van der Waals surface area (Å²) in [6.45, 7) is 6.25. The number of carbonyl (C=O) groups is 1. The van der Waals surface area contributed by atoms with Crippen LogP contribution in [-0.2, 0) is 16.4 Å². The maximum atomic E-state index is 12.5. The van der Waals surface area contributed by atoms with Gasteiger partial charge in [0.1, 0.15) is 5.01 Å². The van der Waals surface area contributed by atoms with Gasteiger partial charge in [-0.1, -0.05) is 38.2 Å². The number of aromatic nitrogens is 2. The maximum absolute atomic E-state index is 12.5. The number of hydrogen-bond acceptors (Lipinski definition) is 6. The van der Waals surface area contributed by atoms with E-state index in [1.165, 1.54) is 27.8 Å².